The van der Waals surface area contributed by atoms with E-state index in [-0.39, 0.29) is 0 Å². The lowest BCUT2D eigenvalue weighted by Crippen LogP contribution is -2.38. The number of aliphatic hydroxyl groups is 1. The minimum atomic E-state index is -4.76. The number of nitrogens with zero attached hydrogens (tertiary/aromatic N) is 1. The van der Waals surface area contributed by atoms with Crippen LogP contribution in [0.25, 0.3) is 10.9 Å². The molecule has 3 nitrogen and oxygen atoms in total. The Labute approximate surface area is 155 Å². The number of alkyl halides is 3. The fraction of sp³-hybridized carbons (Fsp3) is 0.286. The zero-order chi connectivity index (χ0) is 19.8. The SMILES string of the molecule is Cc1ccc(C(Nc2cccc3nc(C)ccc23)C(O)C(F)(F)F)c(C)c1. The molecule has 2 unspecified atom stereocenters. The van der Waals surface area contributed by atoms with Crippen LogP contribution in [-0.4, -0.2) is 22.4 Å². The highest BCUT2D eigenvalue weighted by Gasteiger charge is 2.44. The number of aryl methyl sites for hydroxylation is 3. The van der Waals surface area contributed by atoms with E-state index in [4.69, 9.17) is 0 Å². The number of nitrogens with one attached hydrogen (secondary N) is 1. The van der Waals surface area contributed by atoms with Gasteiger partial charge in [0, 0.05) is 16.8 Å². The van der Waals surface area contributed by atoms with Crippen molar-refractivity contribution in [3.05, 3.63) is 70.9 Å². The number of benzene rings is 2. The second-order valence-electron chi connectivity index (χ2n) is 6.79. The zero-order valence-corrected chi connectivity index (χ0v) is 15.3. The van der Waals surface area contributed by atoms with Crippen LogP contribution in [0.3, 0.4) is 0 Å². The van der Waals surface area contributed by atoms with Crippen molar-refractivity contribution in [3.8, 4) is 0 Å². The Balaban J connectivity index is 2.09. The van der Waals surface area contributed by atoms with Gasteiger partial charge in [0.1, 0.15) is 0 Å². The van der Waals surface area contributed by atoms with E-state index in [1.807, 2.05) is 19.9 Å². The summed E-state index contributed by atoms with van der Waals surface area (Å²) in [7, 11) is 0. The van der Waals surface area contributed by atoms with Crippen molar-refractivity contribution in [1.29, 1.82) is 0 Å². The molecule has 0 amide bonds. The predicted molar refractivity (Wildman–Crippen MR) is 101 cm³/mol. The summed E-state index contributed by atoms with van der Waals surface area (Å²) in [5.41, 5.74) is 4.03. The van der Waals surface area contributed by atoms with Gasteiger partial charge >= 0.3 is 6.18 Å². The topological polar surface area (TPSA) is 45.2 Å². The number of hydrogen-bond acceptors (Lipinski definition) is 3. The number of aromatic nitrogens is 1. The number of aliphatic hydroxyl groups excluding tert-OH is 1. The van der Waals surface area contributed by atoms with Crippen LogP contribution in [-0.2, 0) is 0 Å². The second kappa shape index (κ2) is 7.19. The molecule has 27 heavy (non-hydrogen) atoms. The maximum absolute atomic E-state index is 13.4. The summed E-state index contributed by atoms with van der Waals surface area (Å²) in [6.07, 6.45) is -7.30. The molecule has 0 aliphatic rings. The van der Waals surface area contributed by atoms with E-state index in [2.05, 4.69) is 10.3 Å². The molecule has 0 bridgehead atoms. The Morgan fingerprint density at radius 1 is 1.00 bits per heavy atom. The van der Waals surface area contributed by atoms with Gasteiger partial charge in [0.2, 0.25) is 0 Å². The lowest BCUT2D eigenvalue weighted by Gasteiger charge is -2.29. The van der Waals surface area contributed by atoms with E-state index in [0.717, 1.165) is 11.3 Å². The smallest absolute Gasteiger partial charge is 0.381 e. The standard InChI is InChI=1S/C21H21F3N2O/c1-12-7-9-15(13(2)11-12)19(20(27)21(22,23)24)26-18-6-4-5-17-16(18)10-8-14(3)25-17/h4-11,19-20,26-27H,1-3H3. The average Bonchev–Trinajstić information content (AvgIpc) is 2.58. The van der Waals surface area contributed by atoms with Gasteiger partial charge in [0.15, 0.2) is 6.10 Å². The van der Waals surface area contributed by atoms with E-state index < -0.39 is 18.3 Å². The van der Waals surface area contributed by atoms with E-state index in [0.29, 0.717) is 27.7 Å². The first kappa shape index (κ1) is 19.2. The molecular formula is C21H21F3N2O. The van der Waals surface area contributed by atoms with Crippen LogP contribution < -0.4 is 5.32 Å². The number of rotatable bonds is 4. The van der Waals surface area contributed by atoms with Crippen molar-refractivity contribution >= 4 is 16.6 Å². The molecule has 1 aromatic heterocycles. The van der Waals surface area contributed by atoms with E-state index in [1.54, 1.807) is 49.4 Å². The van der Waals surface area contributed by atoms with Gasteiger partial charge in [-0.15, -0.1) is 0 Å². The molecule has 0 saturated carbocycles. The third kappa shape index (κ3) is 4.06. The number of halogens is 3. The molecule has 0 spiro atoms. The third-order valence-corrected chi connectivity index (χ3v) is 4.59. The Morgan fingerprint density at radius 3 is 2.41 bits per heavy atom. The summed E-state index contributed by atoms with van der Waals surface area (Å²) in [4.78, 5) is 4.41. The van der Waals surface area contributed by atoms with Gasteiger partial charge in [-0.2, -0.15) is 13.2 Å². The quantitative estimate of drug-likeness (QED) is 0.657. The minimum Gasteiger partial charge on any atom is -0.381 e. The number of fused-ring (bicyclic) bond motifs is 1. The number of hydrogen-bond donors (Lipinski definition) is 2. The van der Waals surface area contributed by atoms with Gasteiger partial charge in [-0.25, -0.2) is 0 Å². The molecule has 0 radical (unpaired) electrons. The van der Waals surface area contributed by atoms with Crippen LogP contribution in [0.2, 0.25) is 0 Å². The molecule has 3 rings (SSSR count). The van der Waals surface area contributed by atoms with Crippen molar-refractivity contribution in [3.63, 3.8) is 0 Å². The highest BCUT2D eigenvalue weighted by atomic mass is 19.4. The minimum absolute atomic E-state index is 0.405. The van der Waals surface area contributed by atoms with Crippen LogP contribution in [0.1, 0.15) is 28.4 Å². The number of pyridine rings is 1. The molecule has 0 fully saturated rings. The van der Waals surface area contributed by atoms with Crippen molar-refractivity contribution in [1.82, 2.24) is 4.98 Å². The van der Waals surface area contributed by atoms with Gasteiger partial charge in [0.05, 0.1) is 11.6 Å². The first-order valence-corrected chi connectivity index (χ1v) is 8.61. The highest BCUT2D eigenvalue weighted by molar-refractivity contribution is 5.91. The largest absolute Gasteiger partial charge is 0.416 e. The molecule has 2 N–H and O–H groups in total. The van der Waals surface area contributed by atoms with Gasteiger partial charge < -0.3 is 10.4 Å². The fourth-order valence-corrected chi connectivity index (χ4v) is 3.24. The van der Waals surface area contributed by atoms with Crippen LogP contribution >= 0.6 is 0 Å². The summed E-state index contributed by atoms with van der Waals surface area (Å²) in [6, 6.07) is 12.7. The number of anilines is 1. The van der Waals surface area contributed by atoms with Gasteiger partial charge in [-0.1, -0.05) is 29.8 Å². The molecule has 2 aromatic carbocycles. The van der Waals surface area contributed by atoms with Crippen LogP contribution in [0, 0.1) is 20.8 Å². The van der Waals surface area contributed by atoms with Crippen molar-refractivity contribution in [2.45, 2.75) is 39.1 Å². The summed E-state index contributed by atoms with van der Waals surface area (Å²) >= 11 is 0. The van der Waals surface area contributed by atoms with E-state index >= 15 is 0 Å². The Hall–Kier alpha value is -2.60. The molecule has 0 aliphatic heterocycles. The summed E-state index contributed by atoms with van der Waals surface area (Å²) in [5, 5.41) is 13.7. The maximum atomic E-state index is 13.4. The summed E-state index contributed by atoms with van der Waals surface area (Å²) in [6.45, 7) is 5.47. The fourth-order valence-electron chi connectivity index (χ4n) is 3.24. The molecule has 2 atom stereocenters. The van der Waals surface area contributed by atoms with Crippen molar-refractivity contribution in [2.75, 3.05) is 5.32 Å². The van der Waals surface area contributed by atoms with Crippen LogP contribution in [0.5, 0.6) is 0 Å². The first-order valence-electron chi connectivity index (χ1n) is 8.61. The summed E-state index contributed by atoms with van der Waals surface area (Å²) in [5.74, 6) is 0. The van der Waals surface area contributed by atoms with Crippen LogP contribution in [0.4, 0.5) is 18.9 Å². The predicted octanol–water partition coefficient (Wildman–Crippen LogP) is 5.24. The lowest BCUT2D eigenvalue weighted by atomic mass is 9.94. The monoisotopic (exact) mass is 374 g/mol. The van der Waals surface area contributed by atoms with Crippen LogP contribution in [0.15, 0.2) is 48.5 Å². The molecular weight excluding hydrogens is 353 g/mol. The molecule has 3 aromatic rings. The molecule has 0 saturated heterocycles. The highest BCUT2D eigenvalue weighted by Crippen LogP contribution is 2.36. The molecule has 0 aliphatic carbocycles. The lowest BCUT2D eigenvalue weighted by molar-refractivity contribution is -0.208. The summed E-state index contributed by atoms with van der Waals surface area (Å²) < 4.78 is 40.1. The zero-order valence-electron chi connectivity index (χ0n) is 15.3. The molecule has 6 heteroatoms. The van der Waals surface area contributed by atoms with Crippen molar-refractivity contribution in [2.24, 2.45) is 0 Å². The van der Waals surface area contributed by atoms with E-state index in [9.17, 15) is 18.3 Å². The normalized spacial score (nSPS) is 14.2. The average molecular weight is 374 g/mol. The Kier molecular flexibility index (Phi) is 5.11. The second-order valence-corrected chi connectivity index (χ2v) is 6.79. The molecule has 142 valence electrons. The van der Waals surface area contributed by atoms with Gasteiger partial charge in [0.25, 0.3) is 0 Å². The first-order chi connectivity index (χ1) is 12.7. The van der Waals surface area contributed by atoms with Gasteiger partial charge in [-0.3, -0.25) is 4.98 Å². The Bertz CT molecular complexity index is 969. The van der Waals surface area contributed by atoms with Gasteiger partial charge in [-0.05, 0) is 56.2 Å². The maximum Gasteiger partial charge on any atom is 0.416 e. The Morgan fingerprint density at radius 2 is 1.74 bits per heavy atom. The van der Waals surface area contributed by atoms with E-state index in [1.165, 1.54) is 0 Å². The van der Waals surface area contributed by atoms with Crippen molar-refractivity contribution < 1.29 is 18.3 Å². The molecule has 1 heterocycles. The third-order valence-electron chi connectivity index (χ3n) is 4.59.